The van der Waals surface area contributed by atoms with E-state index in [1.807, 2.05) is 12.1 Å². The minimum Gasteiger partial charge on any atom is -0.493 e. The minimum atomic E-state index is -0.614. The Morgan fingerprint density at radius 2 is 1.97 bits per heavy atom. The summed E-state index contributed by atoms with van der Waals surface area (Å²) in [4.78, 5) is 24.2. The highest BCUT2D eigenvalue weighted by Crippen LogP contribution is 2.29. The monoisotopic (exact) mass is 488 g/mol. The molecule has 1 amide bonds. The van der Waals surface area contributed by atoms with Crippen molar-refractivity contribution < 1.29 is 28.5 Å². The van der Waals surface area contributed by atoms with Gasteiger partial charge in [-0.1, -0.05) is 28.1 Å². The van der Waals surface area contributed by atoms with E-state index in [2.05, 4.69) is 21.2 Å². The number of carbonyl (C=O) groups is 2. The number of halogens is 1. The third-order valence-electron chi connectivity index (χ3n) is 3.83. The van der Waals surface area contributed by atoms with Crippen LogP contribution in [-0.2, 0) is 14.3 Å². The standard InChI is InChI=1S/C22H21BrN2O6/c1-28-9-8-25-22(27)16(13-24)10-15-6-7-19(20(11-15)29-2)31-21(26)14-30-18-5-3-4-17(23)12-18/h3-7,10-12H,8-9,14H2,1-2H3,(H,25,27)/b16-10+. The summed E-state index contributed by atoms with van der Waals surface area (Å²) in [5.74, 6) is -0.158. The van der Waals surface area contributed by atoms with E-state index in [9.17, 15) is 14.9 Å². The zero-order chi connectivity index (χ0) is 22.6. The fourth-order valence-electron chi connectivity index (χ4n) is 2.39. The zero-order valence-corrected chi connectivity index (χ0v) is 18.6. The second kappa shape index (κ2) is 12.4. The van der Waals surface area contributed by atoms with Crippen LogP contribution in [0.3, 0.4) is 0 Å². The quantitative estimate of drug-likeness (QED) is 0.180. The molecule has 0 spiro atoms. The van der Waals surface area contributed by atoms with Crippen molar-refractivity contribution >= 4 is 33.9 Å². The predicted octanol–water partition coefficient (Wildman–Crippen LogP) is 3.11. The molecular weight excluding hydrogens is 468 g/mol. The molecule has 0 fully saturated rings. The molecule has 2 rings (SSSR count). The number of hydrogen-bond donors (Lipinski definition) is 1. The van der Waals surface area contributed by atoms with Gasteiger partial charge in [0.15, 0.2) is 18.1 Å². The van der Waals surface area contributed by atoms with Crippen LogP contribution in [0.4, 0.5) is 0 Å². The van der Waals surface area contributed by atoms with Gasteiger partial charge in [-0.2, -0.15) is 5.26 Å². The largest absolute Gasteiger partial charge is 0.493 e. The van der Waals surface area contributed by atoms with Gasteiger partial charge in [0.1, 0.15) is 17.4 Å². The number of amides is 1. The lowest BCUT2D eigenvalue weighted by atomic mass is 10.1. The molecule has 2 aromatic carbocycles. The van der Waals surface area contributed by atoms with Gasteiger partial charge in [0.2, 0.25) is 0 Å². The third kappa shape index (κ3) is 7.77. The van der Waals surface area contributed by atoms with Gasteiger partial charge >= 0.3 is 5.97 Å². The van der Waals surface area contributed by atoms with Crippen LogP contribution in [-0.4, -0.2) is 45.9 Å². The van der Waals surface area contributed by atoms with Crippen LogP contribution >= 0.6 is 15.9 Å². The maximum atomic E-state index is 12.1. The van der Waals surface area contributed by atoms with Gasteiger partial charge in [0, 0.05) is 18.1 Å². The molecule has 0 aromatic heterocycles. The summed E-state index contributed by atoms with van der Waals surface area (Å²) in [5.41, 5.74) is 0.450. The Hall–Kier alpha value is -3.35. The average molecular weight is 489 g/mol. The predicted molar refractivity (Wildman–Crippen MR) is 117 cm³/mol. The Labute approximate surface area is 188 Å². The van der Waals surface area contributed by atoms with Crippen molar-refractivity contribution in [3.8, 4) is 23.3 Å². The van der Waals surface area contributed by atoms with E-state index >= 15 is 0 Å². The van der Waals surface area contributed by atoms with Crippen molar-refractivity contribution in [2.45, 2.75) is 0 Å². The van der Waals surface area contributed by atoms with Crippen molar-refractivity contribution in [1.29, 1.82) is 5.26 Å². The summed E-state index contributed by atoms with van der Waals surface area (Å²) >= 11 is 3.33. The average Bonchev–Trinajstić information content (AvgIpc) is 2.77. The molecule has 0 bridgehead atoms. The molecule has 2 aromatic rings. The summed E-state index contributed by atoms with van der Waals surface area (Å²) in [6, 6.07) is 13.6. The lowest BCUT2D eigenvalue weighted by molar-refractivity contribution is -0.136. The molecule has 31 heavy (non-hydrogen) atoms. The lowest BCUT2D eigenvalue weighted by Gasteiger charge is -2.11. The lowest BCUT2D eigenvalue weighted by Crippen LogP contribution is -2.27. The zero-order valence-electron chi connectivity index (χ0n) is 17.0. The van der Waals surface area contributed by atoms with E-state index in [-0.39, 0.29) is 30.2 Å². The maximum Gasteiger partial charge on any atom is 0.349 e. The number of rotatable bonds is 10. The number of hydrogen-bond acceptors (Lipinski definition) is 7. The minimum absolute atomic E-state index is 0.0784. The first-order valence-corrected chi connectivity index (χ1v) is 9.92. The van der Waals surface area contributed by atoms with E-state index in [0.29, 0.717) is 17.9 Å². The van der Waals surface area contributed by atoms with Crippen LogP contribution < -0.4 is 19.5 Å². The van der Waals surface area contributed by atoms with Crippen LogP contribution in [0.25, 0.3) is 6.08 Å². The van der Waals surface area contributed by atoms with Gasteiger partial charge in [-0.05, 0) is 42.0 Å². The highest BCUT2D eigenvalue weighted by molar-refractivity contribution is 9.10. The van der Waals surface area contributed by atoms with E-state index in [4.69, 9.17) is 18.9 Å². The Kier molecular flexibility index (Phi) is 9.55. The highest BCUT2D eigenvalue weighted by atomic mass is 79.9. The fourth-order valence-corrected chi connectivity index (χ4v) is 2.76. The van der Waals surface area contributed by atoms with Crippen LogP contribution in [0.2, 0.25) is 0 Å². The van der Waals surface area contributed by atoms with Gasteiger partial charge < -0.3 is 24.3 Å². The summed E-state index contributed by atoms with van der Waals surface area (Å²) in [7, 11) is 2.93. The van der Waals surface area contributed by atoms with E-state index in [1.54, 1.807) is 30.3 Å². The molecule has 8 nitrogen and oxygen atoms in total. The number of ether oxygens (including phenoxy) is 4. The van der Waals surface area contributed by atoms with Crippen molar-refractivity contribution in [2.24, 2.45) is 0 Å². The molecule has 0 aliphatic carbocycles. The van der Waals surface area contributed by atoms with Crippen molar-refractivity contribution in [3.63, 3.8) is 0 Å². The topological polar surface area (TPSA) is 107 Å². The normalized spacial score (nSPS) is 10.7. The molecule has 9 heteroatoms. The van der Waals surface area contributed by atoms with Crippen LogP contribution in [0.15, 0.2) is 52.5 Å². The number of nitrogens with zero attached hydrogens (tertiary/aromatic N) is 1. The van der Waals surface area contributed by atoms with Crippen LogP contribution in [0, 0.1) is 11.3 Å². The van der Waals surface area contributed by atoms with E-state index in [0.717, 1.165) is 4.47 Å². The Morgan fingerprint density at radius 3 is 2.65 bits per heavy atom. The smallest absolute Gasteiger partial charge is 0.349 e. The van der Waals surface area contributed by atoms with Gasteiger partial charge in [0.25, 0.3) is 5.91 Å². The molecule has 0 radical (unpaired) electrons. The first-order valence-electron chi connectivity index (χ1n) is 9.13. The number of esters is 1. The number of methoxy groups -OCH3 is 2. The first kappa shape index (κ1) is 23.9. The Morgan fingerprint density at radius 1 is 1.16 bits per heavy atom. The van der Waals surface area contributed by atoms with Crippen molar-refractivity contribution in [2.75, 3.05) is 34.0 Å². The second-order valence-electron chi connectivity index (χ2n) is 6.05. The number of nitrogens with one attached hydrogen (secondary N) is 1. The maximum absolute atomic E-state index is 12.1. The van der Waals surface area contributed by atoms with Crippen molar-refractivity contribution in [1.82, 2.24) is 5.32 Å². The summed E-state index contributed by atoms with van der Waals surface area (Å²) in [6.45, 7) is 0.333. The molecule has 0 aliphatic heterocycles. The molecule has 0 atom stereocenters. The molecular formula is C22H21BrN2O6. The summed E-state index contributed by atoms with van der Waals surface area (Å²) in [6.07, 6.45) is 1.41. The molecule has 0 heterocycles. The molecule has 0 unspecified atom stereocenters. The molecule has 1 N–H and O–H groups in total. The molecule has 0 saturated carbocycles. The van der Waals surface area contributed by atoms with Gasteiger partial charge in [-0.25, -0.2) is 4.79 Å². The first-order chi connectivity index (χ1) is 15.0. The number of nitriles is 1. The van der Waals surface area contributed by atoms with Gasteiger partial charge in [-0.15, -0.1) is 0 Å². The molecule has 162 valence electrons. The Balaban J connectivity index is 2.05. The fraction of sp³-hybridized carbons (Fsp3) is 0.227. The van der Waals surface area contributed by atoms with Crippen LogP contribution in [0.5, 0.6) is 17.2 Å². The van der Waals surface area contributed by atoms with Crippen LogP contribution in [0.1, 0.15) is 5.56 Å². The SMILES string of the molecule is COCCNC(=O)/C(C#N)=C/c1ccc(OC(=O)COc2cccc(Br)c2)c(OC)c1. The van der Waals surface area contributed by atoms with E-state index in [1.165, 1.54) is 26.4 Å². The highest BCUT2D eigenvalue weighted by Gasteiger charge is 2.13. The molecule has 0 aliphatic rings. The summed E-state index contributed by atoms with van der Waals surface area (Å²) in [5, 5.41) is 11.8. The van der Waals surface area contributed by atoms with E-state index < -0.39 is 11.9 Å². The Bertz CT molecular complexity index is 1000. The number of carbonyl (C=O) groups excluding carboxylic acids is 2. The third-order valence-corrected chi connectivity index (χ3v) is 4.33. The van der Waals surface area contributed by atoms with Crippen molar-refractivity contribution in [3.05, 3.63) is 58.1 Å². The summed E-state index contributed by atoms with van der Waals surface area (Å²) < 4.78 is 21.7. The van der Waals surface area contributed by atoms with Gasteiger partial charge in [-0.3, -0.25) is 4.79 Å². The number of benzene rings is 2. The van der Waals surface area contributed by atoms with Gasteiger partial charge in [0.05, 0.1) is 13.7 Å². The molecule has 0 saturated heterocycles. The second-order valence-corrected chi connectivity index (χ2v) is 6.96.